The minimum atomic E-state index is -0.305. The molecule has 0 aliphatic carbocycles. The number of nitrogens with two attached hydrogens (primary N) is 1. The first-order chi connectivity index (χ1) is 10.6. The summed E-state index contributed by atoms with van der Waals surface area (Å²) in [5.74, 6) is 0.447. The first kappa shape index (κ1) is 16.3. The van der Waals surface area contributed by atoms with E-state index in [9.17, 15) is 9.59 Å². The van der Waals surface area contributed by atoms with Gasteiger partial charge in [0.2, 0.25) is 11.8 Å². The number of para-hydroxylation sites is 1. The summed E-state index contributed by atoms with van der Waals surface area (Å²) in [6, 6.07) is 7.83. The van der Waals surface area contributed by atoms with Crippen molar-refractivity contribution in [1.82, 2.24) is 4.90 Å². The van der Waals surface area contributed by atoms with E-state index in [1.165, 1.54) is 0 Å². The molecule has 0 saturated carbocycles. The topological polar surface area (TPSA) is 72.6 Å². The van der Waals surface area contributed by atoms with Gasteiger partial charge in [0, 0.05) is 19.5 Å². The van der Waals surface area contributed by atoms with Crippen molar-refractivity contribution in [1.29, 1.82) is 0 Å². The van der Waals surface area contributed by atoms with Crippen LogP contribution in [0.5, 0.6) is 5.75 Å². The second kappa shape index (κ2) is 7.82. The molecule has 1 saturated heterocycles. The summed E-state index contributed by atoms with van der Waals surface area (Å²) in [4.78, 5) is 25.2. The lowest BCUT2D eigenvalue weighted by Gasteiger charge is -2.31. The monoisotopic (exact) mass is 304 g/mol. The van der Waals surface area contributed by atoms with Crippen LogP contribution >= 0.6 is 0 Å². The van der Waals surface area contributed by atoms with Gasteiger partial charge >= 0.3 is 0 Å². The maximum absolute atomic E-state index is 12.2. The van der Waals surface area contributed by atoms with E-state index in [1.807, 2.05) is 31.2 Å². The molecule has 22 heavy (non-hydrogen) atoms. The Morgan fingerprint density at radius 3 is 2.86 bits per heavy atom. The normalized spacial score (nSPS) is 18.0. The third kappa shape index (κ3) is 4.48. The van der Waals surface area contributed by atoms with E-state index in [1.54, 1.807) is 4.90 Å². The van der Waals surface area contributed by atoms with Gasteiger partial charge in [-0.15, -0.1) is 0 Å². The van der Waals surface area contributed by atoms with Crippen LogP contribution < -0.4 is 10.5 Å². The third-order valence-electron chi connectivity index (χ3n) is 4.06. The van der Waals surface area contributed by atoms with Crippen molar-refractivity contribution in [3.05, 3.63) is 29.8 Å². The van der Waals surface area contributed by atoms with E-state index < -0.39 is 0 Å². The van der Waals surface area contributed by atoms with Crippen molar-refractivity contribution < 1.29 is 14.3 Å². The fourth-order valence-corrected chi connectivity index (χ4v) is 2.72. The first-order valence-corrected chi connectivity index (χ1v) is 7.83. The Labute approximate surface area is 131 Å². The van der Waals surface area contributed by atoms with Crippen LogP contribution in [0.1, 0.15) is 31.2 Å². The van der Waals surface area contributed by atoms with Crippen molar-refractivity contribution >= 4 is 11.8 Å². The zero-order chi connectivity index (χ0) is 15.9. The molecule has 1 fully saturated rings. The summed E-state index contributed by atoms with van der Waals surface area (Å²) in [5, 5.41) is 0. The van der Waals surface area contributed by atoms with Gasteiger partial charge in [-0.05, 0) is 37.8 Å². The van der Waals surface area contributed by atoms with E-state index in [0.717, 1.165) is 30.7 Å². The van der Waals surface area contributed by atoms with Crippen molar-refractivity contribution in [3.63, 3.8) is 0 Å². The molecule has 0 radical (unpaired) electrons. The highest BCUT2D eigenvalue weighted by molar-refractivity contribution is 5.80. The smallest absolute Gasteiger partial charge is 0.222 e. The number of amides is 2. The molecule has 0 bridgehead atoms. The maximum Gasteiger partial charge on any atom is 0.222 e. The molecular weight excluding hydrogens is 280 g/mol. The standard InChI is InChI=1S/C17H24N2O3/c1-13-6-2-3-8-15(13)22-11-5-9-16(20)19-10-4-7-14(12-19)17(18)21/h2-3,6,8,14H,4-5,7,9-12H2,1H3,(H2,18,21). The van der Waals surface area contributed by atoms with Gasteiger partial charge in [0.1, 0.15) is 5.75 Å². The molecular formula is C17H24N2O3. The number of nitrogens with zero attached hydrogens (tertiary/aromatic N) is 1. The van der Waals surface area contributed by atoms with E-state index >= 15 is 0 Å². The number of rotatable bonds is 6. The van der Waals surface area contributed by atoms with Crippen LogP contribution in [0.3, 0.4) is 0 Å². The molecule has 2 N–H and O–H groups in total. The number of hydrogen-bond donors (Lipinski definition) is 1. The van der Waals surface area contributed by atoms with Gasteiger partial charge < -0.3 is 15.4 Å². The number of aryl methyl sites for hydroxylation is 1. The van der Waals surface area contributed by atoms with Crippen LogP contribution in [0, 0.1) is 12.8 Å². The van der Waals surface area contributed by atoms with Crippen LogP contribution in [-0.4, -0.2) is 36.4 Å². The van der Waals surface area contributed by atoms with E-state index in [2.05, 4.69) is 0 Å². The van der Waals surface area contributed by atoms with Crippen molar-refractivity contribution in [3.8, 4) is 5.75 Å². The van der Waals surface area contributed by atoms with Gasteiger partial charge in [0.05, 0.1) is 12.5 Å². The second-order valence-corrected chi connectivity index (χ2v) is 5.80. The molecule has 1 atom stereocenters. The number of carbonyl (C=O) groups excluding carboxylic acids is 2. The average Bonchev–Trinajstić information content (AvgIpc) is 2.53. The minimum absolute atomic E-state index is 0.0827. The molecule has 0 spiro atoms. The molecule has 1 aliphatic rings. The molecule has 5 heteroatoms. The Morgan fingerprint density at radius 1 is 1.36 bits per heavy atom. The summed E-state index contributed by atoms with van der Waals surface area (Å²) >= 11 is 0. The molecule has 5 nitrogen and oxygen atoms in total. The van der Waals surface area contributed by atoms with Gasteiger partial charge in [0.15, 0.2) is 0 Å². The Hall–Kier alpha value is -2.04. The summed E-state index contributed by atoms with van der Waals surface area (Å²) in [7, 11) is 0. The first-order valence-electron chi connectivity index (χ1n) is 7.83. The summed E-state index contributed by atoms with van der Waals surface area (Å²) < 4.78 is 5.69. The molecule has 1 heterocycles. The van der Waals surface area contributed by atoms with Crippen molar-refractivity contribution in [2.45, 2.75) is 32.6 Å². The van der Waals surface area contributed by atoms with E-state index in [0.29, 0.717) is 26.0 Å². The van der Waals surface area contributed by atoms with Crippen LogP contribution in [0.2, 0.25) is 0 Å². The molecule has 0 aromatic heterocycles. The summed E-state index contributed by atoms with van der Waals surface area (Å²) in [6.07, 6.45) is 2.75. The predicted molar refractivity (Wildman–Crippen MR) is 84.4 cm³/mol. The van der Waals surface area contributed by atoms with E-state index in [-0.39, 0.29) is 17.7 Å². The maximum atomic E-state index is 12.2. The molecule has 1 aliphatic heterocycles. The molecule has 2 amide bonds. The lowest BCUT2D eigenvalue weighted by molar-refractivity contribution is -0.135. The summed E-state index contributed by atoms with van der Waals surface area (Å²) in [5.41, 5.74) is 6.42. The largest absolute Gasteiger partial charge is 0.493 e. The molecule has 1 aromatic carbocycles. The molecule has 2 rings (SSSR count). The van der Waals surface area contributed by atoms with Gasteiger partial charge in [-0.25, -0.2) is 0 Å². The number of ether oxygens (including phenoxy) is 1. The van der Waals surface area contributed by atoms with Gasteiger partial charge in [-0.1, -0.05) is 18.2 Å². The Bertz CT molecular complexity index is 530. The van der Waals surface area contributed by atoms with Crippen LogP contribution in [0.15, 0.2) is 24.3 Å². The van der Waals surface area contributed by atoms with Crippen molar-refractivity contribution in [2.75, 3.05) is 19.7 Å². The fraction of sp³-hybridized carbons (Fsp3) is 0.529. The van der Waals surface area contributed by atoms with Gasteiger partial charge in [0.25, 0.3) is 0 Å². The van der Waals surface area contributed by atoms with Crippen LogP contribution in [0.25, 0.3) is 0 Å². The Kier molecular flexibility index (Phi) is 5.81. The third-order valence-corrected chi connectivity index (χ3v) is 4.06. The number of likely N-dealkylation sites (tertiary alicyclic amines) is 1. The van der Waals surface area contributed by atoms with Crippen LogP contribution in [-0.2, 0) is 9.59 Å². The van der Waals surface area contributed by atoms with Gasteiger partial charge in [-0.3, -0.25) is 9.59 Å². The second-order valence-electron chi connectivity index (χ2n) is 5.80. The Morgan fingerprint density at radius 2 is 2.14 bits per heavy atom. The van der Waals surface area contributed by atoms with Crippen LogP contribution in [0.4, 0.5) is 0 Å². The summed E-state index contributed by atoms with van der Waals surface area (Å²) in [6.45, 7) is 3.70. The number of carbonyl (C=O) groups is 2. The highest BCUT2D eigenvalue weighted by Crippen LogP contribution is 2.18. The quantitative estimate of drug-likeness (QED) is 0.816. The molecule has 1 aromatic rings. The zero-order valence-electron chi connectivity index (χ0n) is 13.1. The lowest BCUT2D eigenvalue weighted by atomic mass is 9.97. The highest BCUT2D eigenvalue weighted by Gasteiger charge is 2.26. The molecule has 1 unspecified atom stereocenters. The van der Waals surface area contributed by atoms with Crippen molar-refractivity contribution in [2.24, 2.45) is 11.7 Å². The van der Waals surface area contributed by atoms with Gasteiger partial charge in [-0.2, -0.15) is 0 Å². The fourth-order valence-electron chi connectivity index (χ4n) is 2.72. The number of primary amides is 1. The number of hydrogen-bond acceptors (Lipinski definition) is 3. The SMILES string of the molecule is Cc1ccccc1OCCCC(=O)N1CCCC(C(N)=O)C1. The number of piperidine rings is 1. The minimum Gasteiger partial charge on any atom is -0.493 e. The Balaban J connectivity index is 1.71. The molecule has 120 valence electrons. The lowest BCUT2D eigenvalue weighted by Crippen LogP contribution is -2.44. The predicted octanol–water partition coefficient (Wildman–Crippen LogP) is 1.88. The zero-order valence-corrected chi connectivity index (χ0v) is 13.1. The average molecular weight is 304 g/mol. The number of benzene rings is 1. The highest BCUT2D eigenvalue weighted by atomic mass is 16.5. The van der Waals surface area contributed by atoms with E-state index in [4.69, 9.17) is 10.5 Å².